The maximum absolute atomic E-state index is 13.0. The third-order valence-electron chi connectivity index (χ3n) is 3.58. The van der Waals surface area contributed by atoms with Crippen LogP contribution in [0.15, 0.2) is 23.1 Å². The first-order valence-corrected chi connectivity index (χ1v) is 7.93. The van der Waals surface area contributed by atoms with Crippen molar-refractivity contribution >= 4 is 21.7 Å². The molecular weight excluding hydrogens is 299 g/mol. The lowest BCUT2D eigenvalue weighted by atomic mass is 9.99. The minimum Gasteiger partial charge on any atom is -0.469 e. The van der Waals surface area contributed by atoms with Crippen LogP contribution in [0, 0.1) is 11.7 Å². The number of hydrogen-bond acceptors (Lipinski definition) is 5. The summed E-state index contributed by atoms with van der Waals surface area (Å²) < 4.78 is 43.9. The third kappa shape index (κ3) is 3.16. The summed E-state index contributed by atoms with van der Waals surface area (Å²) >= 11 is 0. The Labute approximate surface area is 122 Å². The summed E-state index contributed by atoms with van der Waals surface area (Å²) in [7, 11) is -2.47. The molecule has 2 rings (SSSR count). The number of nitrogens with two attached hydrogens (primary N) is 1. The second kappa shape index (κ2) is 5.98. The molecule has 0 aliphatic carbocycles. The van der Waals surface area contributed by atoms with E-state index in [1.165, 1.54) is 11.4 Å². The van der Waals surface area contributed by atoms with E-state index >= 15 is 0 Å². The molecule has 6 nitrogen and oxygen atoms in total. The number of carbonyl (C=O) groups excluding carboxylic acids is 1. The van der Waals surface area contributed by atoms with Crippen LogP contribution in [0.25, 0.3) is 0 Å². The van der Waals surface area contributed by atoms with Crippen molar-refractivity contribution in [2.24, 2.45) is 5.92 Å². The Morgan fingerprint density at radius 2 is 2.00 bits per heavy atom. The number of hydrogen-bond donors (Lipinski definition) is 1. The van der Waals surface area contributed by atoms with Crippen LogP contribution in [0.5, 0.6) is 0 Å². The Kier molecular flexibility index (Phi) is 4.48. The number of nitrogens with zero attached hydrogens (tertiary/aromatic N) is 1. The number of esters is 1. The first-order valence-electron chi connectivity index (χ1n) is 6.49. The summed E-state index contributed by atoms with van der Waals surface area (Å²) in [6.45, 7) is 0.415. The van der Waals surface area contributed by atoms with Crippen LogP contribution in [0.2, 0.25) is 0 Å². The van der Waals surface area contributed by atoms with Gasteiger partial charge in [0.25, 0.3) is 0 Å². The number of ether oxygens (including phenoxy) is 1. The topological polar surface area (TPSA) is 89.7 Å². The molecule has 0 saturated carbocycles. The standard InChI is InChI=1S/C13H17FN2O4S/c1-20-13(17)9-4-6-16(7-5-9)21(18,19)12-3-2-10(14)8-11(12)15/h2-3,8-9H,4-7,15H2,1H3. The molecule has 1 aromatic carbocycles. The van der Waals surface area contributed by atoms with Crippen molar-refractivity contribution < 1.29 is 22.3 Å². The molecule has 0 unspecified atom stereocenters. The number of nitrogen functional groups attached to an aromatic ring is 1. The van der Waals surface area contributed by atoms with Gasteiger partial charge in [-0.05, 0) is 31.0 Å². The third-order valence-corrected chi connectivity index (χ3v) is 5.55. The van der Waals surface area contributed by atoms with Crippen LogP contribution < -0.4 is 5.73 Å². The monoisotopic (exact) mass is 316 g/mol. The van der Waals surface area contributed by atoms with E-state index in [1.54, 1.807) is 0 Å². The minimum atomic E-state index is -3.78. The van der Waals surface area contributed by atoms with Crippen molar-refractivity contribution in [1.82, 2.24) is 4.31 Å². The molecule has 8 heteroatoms. The normalized spacial score (nSPS) is 17.6. The average molecular weight is 316 g/mol. The number of piperidine rings is 1. The van der Waals surface area contributed by atoms with Gasteiger partial charge in [0.1, 0.15) is 10.7 Å². The van der Waals surface area contributed by atoms with Gasteiger partial charge in [-0.3, -0.25) is 4.79 Å². The highest BCUT2D eigenvalue weighted by Crippen LogP contribution is 2.27. The fraction of sp³-hybridized carbons (Fsp3) is 0.462. The quantitative estimate of drug-likeness (QED) is 0.663. The molecule has 0 radical (unpaired) electrons. The summed E-state index contributed by atoms with van der Waals surface area (Å²) in [5.74, 6) is -1.20. The molecule has 1 heterocycles. The number of carbonyl (C=O) groups is 1. The van der Waals surface area contributed by atoms with E-state index in [-0.39, 0.29) is 35.6 Å². The van der Waals surface area contributed by atoms with E-state index in [0.29, 0.717) is 12.8 Å². The summed E-state index contributed by atoms with van der Waals surface area (Å²) in [5, 5.41) is 0. The van der Waals surface area contributed by atoms with E-state index in [1.807, 2.05) is 0 Å². The van der Waals surface area contributed by atoms with E-state index in [0.717, 1.165) is 18.2 Å². The Balaban J connectivity index is 2.17. The van der Waals surface area contributed by atoms with E-state index < -0.39 is 15.8 Å². The fourth-order valence-electron chi connectivity index (χ4n) is 2.39. The Morgan fingerprint density at radius 1 is 1.38 bits per heavy atom. The van der Waals surface area contributed by atoms with Gasteiger partial charge in [-0.25, -0.2) is 12.8 Å². The van der Waals surface area contributed by atoms with E-state index in [9.17, 15) is 17.6 Å². The summed E-state index contributed by atoms with van der Waals surface area (Å²) in [5.41, 5.74) is 5.47. The van der Waals surface area contributed by atoms with Crippen LogP contribution in [-0.2, 0) is 19.6 Å². The largest absolute Gasteiger partial charge is 0.469 e. The maximum Gasteiger partial charge on any atom is 0.308 e. The van der Waals surface area contributed by atoms with Gasteiger partial charge in [0, 0.05) is 13.1 Å². The van der Waals surface area contributed by atoms with Crippen LogP contribution in [0.4, 0.5) is 10.1 Å². The van der Waals surface area contributed by atoms with Crippen molar-refractivity contribution in [3.8, 4) is 0 Å². The van der Waals surface area contributed by atoms with Crippen molar-refractivity contribution in [1.29, 1.82) is 0 Å². The van der Waals surface area contributed by atoms with Gasteiger partial charge in [0.05, 0.1) is 18.7 Å². The fourth-order valence-corrected chi connectivity index (χ4v) is 3.96. The van der Waals surface area contributed by atoms with Gasteiger partial charge in [-0.1, -0.05) is 0 Å². The van der Waals surface area contributed by atoms with Crippen molar-refractivity contribution in [3.05, 3.63) is 24.0 Å². The Hall–Kier alpha value is -1.67. The van der Waals surface area contributed by atoms with Gasteiger partial charge in [-0.2, -0.15) is 4.31 Å². The van der Waals surface area contributed by atoms with Crippen LogP contribution in [0.1, 0.15) is 12.8 Å². The average Bonchev–Trinajstić information content (AvgIpc) is 2.46. The van der Waals surface area contributed by atoms with Gasteiger partial charge in [-0.15, -0.1) is 0 Å². The van der Waals surface area contributed by atoms with Crippen molar-refractivity contribution in [3.63, 3.8) is 0 Å². The lowest BCUT2D eigenvalue weighted by Crippen LogP contribution is -2.40. The number of rotatable bonds is 3. The van der Waals surface area contributed by atoms with Gasteiger partial charge in [0.15, 0.2) is 0 Å². The first-order chi connectivity index (χ1) is 9.86. The number of halogens is 1. The molecule has 2 N–H and O–H groups in total. The lowest BCUT2D eigenvalue weighted by molar-refractivity contribution is -0.146. The SMILES string of the molecule is COC(=O)C1CCN(S(=O)(=O)c2ccc(F)cc2N)CC1. The highest BCUT2D eigenvalue weighted by molar-refractivity contribution is 7.89. The molecule has 0 aromatic heterocycles. The highest BCUT2D eigenvalue weighted by Gasteiger charge is 2.33. The molecule has 1 aliphatic heterocycles. The number of sulfonamides is 1. The molecule has 0 spiro atoms. The summed E-state index contributed by atoms with van der Waals surface area (Å²) in [6.07, 6.45) is 0.792. The zero-order chi connectivity index (χ0) is 15.6. The number of methoxy groups -OCH3 is 1. The second-order valence-electron chi connectivity index (χ2n) is 4.88. The van der Waals surface area contributed by atoms with Gasteiger partial charge in [0.2, 0.25) is 10.0 Å². The van der Waals surface area contributed by atoms with Crippen LogP contribution >= 0.6 is 0 Å². The Bertz CT molecular complexity index is 640. The number of anilines is 1. The molecule has 0 bridgehead atoms. The highest BCUT2D eigenvalue weighted by atomic mass is 32.2. The van der Waals surface area contributed by atoms with Gasteiger partial charge >= 0.3 is 5.97 Å². The lowest BCUT2D eigenvalue weighted by Gasteiger charge is -2.30. The molecule has 116 valence electrons. The van der Waals surface area contributed by atoms with E-state index in [2.05, 4.69) is 4.74 Å². The zero-order valence-corrected chi connectivity index (χ0v) is 12.4. The molecule has 21 heavy (non-hydrogen) atoms. The first kappa shape index (κ1) is 15.7. The molecule has 1 saturated heterocycles. The Morgan fingerprint density at radius 3 is 2.52 bits per heavy atom. The van der Waals surface area contributed by atoms with Gasteiger partial charge < -0.3 is 10.5 Å². The van der Waals surface area contributed by atoms with Crippen LogP contribution in [0.3, 0.4) is 0 Å². The second-order valence-corrected chi connectivity index (χ2v) is 6.79. The molecular formula is C13H17FN2O4S. The van der Waals surface area contributed by atoms with Crippen LogP contribution in [-0.4, -0.2) is 38.9 Å². The predicted octanol–water partition coefficient (Wildman–Crippen LogP) is 0.982. The predicted molar refractivity (Wildman–Crippen MR) is 74.3 cm³/mol. The summed E-state index contributed by atoms with van der Waals surface area (Å²) in [4.78, 5) is 11.3. The molecule has 1 aromatic rings. The maximum atomic E-state index is 13.0. The molecule has 1 aliphatic rings. The number of benzene rings is 1. The molecule has 0 amide bonds. The minimum absolute atomic E-state index is 0.111. The zero-order valence-electron chi connectivity index (χ0n) is 11.6. The van der Waals surface area contributed by atoms with E-state index in [4.69, 9.17) is 5.73 Å². The smallest absolute Gasteiger partial charge is 0.308 e. The van der Waals surface area contributed by atoms with Crippen molar-refractivity contribution in [2.45, 2.75) is 17.7 Å². The molecule has 0 atom stereocenters. The summed E-state index contributed by atoms with van der Waals surface area (Å²) in [6, 6.07) is 3.20. The molecule has 1 fully saturated rings. The van der Waals surface area contributed by atoms with Crippen molar-refractivity contribution in [2.75, 3.05) is 25.9 Å².